The van der Waals surface area contributed by atoms with Gasteiger partial charge in [0.2, 0.25) is 0 Å². The summed E-state index contributed by atoms with van der Waals surface area (Å²) in [5, 5.41) is 3.31. The molecule has 0 aliphatic heterocycles. The molecule has 0 unspecified atom stereocenters. The molecular weight excluding hydrogens is 216 g/mol. The van der Waals surface area contributed by atoms with E-state index in [1.54, 1.807) is 11.3 Å². The van der Waals surface area contributed by atoms with Crippen LogP contribution >= 0.6 is 22.9 Å². The molecule has 1 aromatic heterocycles. The number of hydrogen-bond acceptors (Lipinski definition) is 3. The molecule has 1 aliphatic rings. The maximum absolute atomic E-state index is 5.79. The van der Waals surface area contributed by atoms with Gasteiger partial charge in [0.15, 0.2) is 5.13 Å². The highest BCUT2D eigenvalue weighted by Crippen LogP contribution is 2.33. The standard InChI is InChI=1S/C10H15ClN2S/c1-2-8-7-14-10(12-8)13(6-5-11)9-3-4-9/h7,9H,2-6H2,1H3. The zero-order valence-corrected chi connectivity index (χ0v) is 9.94. The fourth-order valence-electron chi connectivity index (χ4n) is 1.50. The Morgan fingerprint density at radius 1 is 1.64 bits per heavy atom. The van der Waals surface area contributed by atoms with Crippen LogP contribution in [0.25, 0.3) is 0 Å². The number of thiazole rings is 1. The average Bonchev–Trinajstić information content (AvgIpc) is 2.92. The molecule has 0 N–H and O–H groups in total. The first kappa shape index (κ1) is 10.2. The zero-order valence-electron chi connectivity index (χ0n) is 8.37. The Hall–Kier alpha value is -0.280. The van der Waals surface area contributed by atoms with Crippen molar-refractivity contribution in [1.82, 2.24) is 4.98 Å². The molecule has 78 valence electrons. The van der Waals surface area contributed by atoms with Gasteiger partial charge in [0.05, 0.1) is 5.69 Å². The molecule has 2 rings (SSSR count). The van der Waals surface area contributed by atoms with Gasteiger partial charge in [-0.3, -0.25) is 0 Å². The minimum absolute atomic E-state index is 0.692. The van der Waals surface area contributed by atoms with Crippen LogP contribution in [0.1, 0.15) is 25.5 Å². The highest BCUT2D eigenvalue weighted by molar-refractivity contribution is 7.13. The lowest BCUT2D eigenvalue weighted by molar-refractivity contribution is 0.820. The quantitative estimate of drug-likeness (QED) is 0.724. The summed E-state index contributed by atoms with van der Waals surface area (Å²) in [7, 11) is 0. The molecule has 1 aliphatic carbocycles. The van der Waals surface area contributed by atoms with Gasteiger partial charge in [0, 0.05) is 23.8 Å². The number of anilines is 1. The van der Waals surface area contributed by atoms with Gasteiger partial charge in [0.25, 0.3) is 0 Å². The number of aromatic nitrogens is 1. The number of nitrogens with zero attached hydrogens (tertiary/aromatic N) is 2. The summed E-state index contributed by atoms with van der Waals surface area (Å²) in [4.78, 5) is 6.95. The van der Waals surface area contributed by atoms with Crippen LogP contribution in [0.4, 0.5) is 5.13 Å². The van der Waals surface area contributed by atoms with Crippen molar-refractivity contribution in [3.05, 3.63) is 11.1 Å². The van der Waals surface area contributed by atoms with E-state index in [1.807, 2.05) is 0 Å². The van der Waals surface area contributed by atoms with Crippen molar-refractivity contribution >= 4 is 28.1 Å². The van der Waals surface area contributed by atoms with Gasteiger partial charge in [-0.2, -0.15) is 0 Å². The normalized spacial score (nSPS) is 15.9. The molecule has 1 saturated carbocycles. The third kappa shape index (κ3) is 2.20. The monoisotopic (exact) mass is 230 g/mol. The van der Waals surface area contributed by atoms with E-state index in [9.17, 15) is 0 Å². The molecule has 1 aromatic rings. The van der Waals surface area contributed by atoms with Crippen LogP contribution in [0.2, 0.25) is 0 Å². The van der Waals surface area contributed by atoms with Crippen molar-refractivity contribution in [2.75, 3.05) is 17.3 Å². The van der Waals surface area contributed by atoms with Crippen LogP contribution < -0.4 is 4.90 Å². The Kier molecular flexibility index (Phi) is 3.29. The van der Waals surface area contributed by atoms with E-state index >= 15 is 0 Å². The Morgan fingerprint density at radius 3 is 2.93 bits per heavy atom. The molecule has 1 fully saturated rings. The van der Waals surface area contributed by atoms with Gasteiger partial charge in [0.1, 0.15) is 0 Å². The summed E-state index contributed by atoms with van der Waals surface area (Å²) in [5.74, 6) is 0.692. The van der Waals surface area contributed by atoms with E-state index in [0.717, 1.165) is 18.1 Å². The van der Waals surface area contributed by atoms with E-state index in [-0.39, 0.29) is 0 Å². The van der Waals surface area contributed by atoms with Gasteiger partial charge in [-0.25, -0.2) is 4.98 Å². The molecule has 0 spiro atoms. The van der Waals surface area contributed by atoms with Gasteiger partial charge < -0.3 is 4.90 Å². The molecule has 0 saturated heterocycles. The second-order valence-electron chi connectivity index (χ2n) is 3.59. The van der Waals surface area contributed by atoms with Crippen molar-refractivity contribution < 1.29 is 0 Å². The van der Waals surface area contributed by atoms with Crippen LogP contribution in [0, 0.1) is 0 Å². The SMILES string of the molecule is CCc1csc(N(CCCl)C2CC2)n1. The third-order valence-corrected chi connectivity index (χ3v) is 3.56. The molecule has 2 nitrogen and oxygen atoms in total. The topological polar surface area (TPSA) is 16.1 Å². The molecule has 14 heavy (non-hydrogen) atoms. The van der Waals surface area contributed by atoms with E-state index in [0.29, 0.717) is 11.9 Å². The first-order valence-electron chi connectivity index (χ1n) is 5.12. The lowest BCUT2D eigenvalue weighted by Crippen LogP contribution is -2.27. The van der Waals surface area contributed by atoms with Gasteiger partial charge in [-0.05, 0) is 19.3 Å². The Labute approximate surface area is 93.9 Å². The predicted octanol–water partition coefficient (Wildman–Crippen LogP) is 2.91. The highest BCUT2D eigenvalue weighted by Gasteiger charge is 2.30. The minimum Gasteiger partial charge on any atom is -0.344 e. The Morgan fingerprint density at radius 2 is 2.43 bits per heavy atom. The summed E-state index contributed by atoms with van der Waals surface area (Å²) in [6.45, 7) is 3.07. The number of aryl methyl sites for hydroxylation is 1. The molecule has 0 aromatic carbocycles. The highest BCUT2D eigenvalue weighted by atomic mass is 35.5. The lowest BCUT2D eigenvalue weighted by atomic mass is 10.4. The number of rotatable bonds is 5. The molecule has 0 radical (unpaired) electrons. The molecule has 0 amide bonds. The lowest BCUT2D eigenvalue weighted by Gasteiger charge is -2.19. The van der Waals surface area contributed by atoms with E-state index in [2.05, 4.69) is 22.2 Å². The molecule has 0 atom stereocenters. The van der Waals surface area contributed by atoms with Gasteiger partial charge in [-0.1, -0.05) is 6.92 Å². The van der Waals surface area contributed by atoms with Crippen molar-refractivity contribution in [1.29, 1.82) is 0 Å². The van der Waals surface area contributed by atoms with Crippen molar-refractivity contribution in [2.24, 2.45) is 0 Å². The Bertz CT molecular complexity index is 296. The van der Waals surface area contributed by atoms with Crippen molar-refractivity contribution in [3.63, 3.8) is 0 Å². The van der Waals surface area contributed by atoms with Crippen molar-refractivity contribution in [2.45, 2.75) is 32.2 Å². The van der Waals surface area contributed by atoms with E-state index in [4.69, 9.17) is 11.6 Å². The fraction of sp³-hybridized carbons (Fsp3) is 0.700. The first-order chi connectivity index (χ1) is 6.85. The molecule has 4 heteroatoms. The smallest absolute Gasteiger partial charge is 0.185 e. The molecular formula is C10H15ClN2S. The summed E-state index contributed by atoms with van der Waals surface area (Å²) in [6.07, 6.45) is 3.63. The average molecular weight is 231 g/mol. The van der Waals surface area contributed by atoms with Crippen LogP contribution in [-0.2, 0) is 6.42 Å². The predicted molar refractivity (Wildman–Crippen MR) is 62.6 cm³/mol. The van der Waals surface area contributed by atoms with Gasteiger partial charge in [-0.15, -0.1) is 22.9 Å². The maximum Gasteiger partial charge on any atom is 0.185 e. The first-order valence-corrected chi connectivity index (χ1v) is 6.53. The van der Waals surface area contributed by atoms with Crippen LogP contribution in [0.15, 0.2) is 5.38 Å². The summed E-state index contributed by atoms with van der Waals surface area (Å²) in [5.41, 5.74) is 1.20. The number of halogens is 1. The second-order valence-corrected chi connectivity index (χ2v) is 4.80. The number of alkyl halides is 1. The van der Waals surface area contributed by atoms with Crippen LogP contribution in [-0.4, -0.2) is 23.5 Å². The van der Waals surface area contributed by atoms with Crippen LogP contribution in [0.5, 0.6) is 0 Å². The van der Waals surface area contributed by atoms with E-state index < -0.39 is 0 Å². The summed E-state index contributed by atoms with van der Waals surface area (Å²) in [6, 6.07) is 0.713. The van der Waals surface area contributed by atoms with E-state index in [1.165, 1.54) is 18.5 Å². The van der Waals surface area contributed by atoms with Gasteiger partial charge >= 0.3 is 0 Å². The Balaban J connectivity index is 2.08. The minimum atomic E-state index is 0.692. The molecule has 1 heterocycles. The maximum atomic E-state index is 5.79. The zero-order chi connectivity index (χ0) is 9.97. The fourth-order valence-corrected chi connectivity index (χ4v) is 2.69. The largest absolute Gasteiger partial charge is 0.344 e. The second kappa shape index (κ2) is 4.49. The molecule has 0 bridgehead atoms. The van der Waals surface area contributed by atoms with Crippen molar-refractivity contribution in [3.8, 4) is 0 Å². The summed E-state index contributed by atoms with van der Waals surface area (Å²) < 4.78 is 0. The summed E-state index contributed by atoms with van der Waals surface area (Å²) >= 11 is 7.54. The number of hydrogen-bond donors (Lipinski definition) is 0. The van der Waals surface area contributed by atoms with Crippen LogP contribution in [0.3, 0.4) is 0 Å². The third-order valence-electron chi connectivity index (χ3n) is 2.46.